The molecule has 0 heterocycles. The minimum Gasteiger partial charge on any atom is -0.396 e. The minimum absolute atomic E-state index is 0.407. The molecule has 0 bridgehead atoms. The van der Waals surface area contributed by atoms with E-state index in [0.29, 0.717) is 12.5 Å². The van der Waals surface area contributed by atoms with E-state index in [1.165, 1.54) is 25.7 Å². The summed E-state index contributed by atoms with van der Waals surface area (Å²) in [6.07, 6.45) is 5.37. The lowest BCUT2D eigenvalue weighted by Crippen LogP contribution is -1.88. The van der Waals surface area contributed by atoms with Gasteiger partial charge in [-0.25, -0.2) is 0 Å². The molecular formula is C9H17IO. The molecule has 0 aliphatic heterocycles. The van der Waals surface area contributed by atoms with Crippen molar-refractivity contribution in [2.24, 2.45) is 11.8 Å². The van der Waals surface area contributed by atoms with E-state index in [0.717, 1.165) is 9.84 Å². The van der Waals surface area contributed by atoms with E-state index >= 15 is 0 Å². The number of alkyl halides is 1. The third kappa shape index (κ3) is 2.58. The summed E-state index contributed by atoms with van der Waals surface area (Å²) >= 11 is 2.47. The number of unbranched alkanes of at least 4 members (excludes halogenated alkanes) is 2. The van der Waals surface area contributed by atoms with Crippen molar-refractivity contribution < 1.29 is 5.11 Å². The van der Waals surface area contributed by atoms with Crippen LogP contribution in [0.3, 0.4) is 0 Å². The Morgan fingerprint density at radius 2 is 2.00 bits per heavy atom. The van der Waals surface area contributed by atoms with Gasteiger partial charge in [0.25, 0.3) is 0 Å². The van der Waals surface area contributed by atoms with Gasteiger partial charge in [-0.3, -0.25) is 0 Å². The normalized spacial score (nSPS) is 35.7. The third-order valence-corrected chi connectivity index (χ3v) is 4.43. The highest BCUT2D eigenvalue weighted by molar-refractivity contribution is 14.1. The van der Waals surface area contributed by atoms with Gasteiger partial charge in [-0.1, -0.05) is 48.8 Å². The van der Waals surface area contributed by atoms with Gasteiger partial charge >= 0.3 is 0 Å². The molecule has 0 saturated heterocycles. The van der Waals surface area contributed by atoms with Crippen molar-refractivity contribution in [3.05, 3.63) is 0 Å². The van der Waals surface area contributed by atoms with E-state index in [1.54, 1.807) is 0 Å². The maximum atomic E-state index is 8.90. The molecule has 0 unspecified atom stereocenters. The molecule has 0 aromatic carbocycles. The first-order chi connectivity index (χ1) is 5.31. The van der Waals surface area contributed by atoms with Crippen LogP contribution in [0.2, 0.25) is 0 Å². The Kier molecular flexibility index (Phi) is 4.13. The Labute approximate surface area is 82.7 Å². The SMILES string of the molecule is CCCCC[C@H]1[C@H](I)[C@@H]1CO. The number of aliphatic hydroxyl groups excluding tert-OH is 1. The summed E-state index contributed by atoms with van der Waals surface area (Å²) < 4.78 is 0.773. The van der Waals surface area contributed by atoms with Crippen molar-refractivity contribution >= 4 is 22.6 Å². The molecule has 1 aliphatic rings. The zero-order valence-electron chi connectivity index (χ0n) is 7.09. The molecule has 0 amide bonds. The van der Waals surface area contributed by atoms with Crippen molar-refractivity contribution in [1.82, 2.24) is 0 Å². The van der Waals surface area contributed by atoms with Gasteiger partial charge < -0.3 is 5.11 Å². The maximum Gasteiger partial charge on any atom is 0.0472 e. The molecule has 2 heteroatoms. The Hall–Kier alpha value is 0.690. The highest BCUT2D eigenvalue weighted by Gasteiger charge is 2.46. The fraction of sp³-hybridized carbons (Fsp3) is 1.00. The van der Waals surface area contributed by atoms with Crippen molar-refractivity contribution in [1.29, 1.82) is 0 Å². The molecule has 0 radical (unpaired) electrons. The maximum absolute atomic E-state index is 8.90. The van der Waals surface area contributed by atoms with Gasteiger partial charge in [0, 0.05) is 10.5 Å². The molecule has 1 fully saturated rings. The second-order valence-electron chi connectivity index (χ2n) is 3.45. The first-order valence-electron chi connectivity index (χ1n) is 4.56. The summed E-state index contributed by atoms with van der Waals surface area (Å²) in [6, 6.07) is 0. The Morgan fingerprint density at radius 1 is 1.27 bits per heavy atom. The van der Waals surface area contributed by atoms with Crippen LogP contribution in [-0.4, -0.2) is 15.6 Å². The lowest BCUT2D eigenvalue weighted by molar-refractivity contribution is 0.267. The third-order valence-electron chi connectivity index (χ3n) is 2.58. The van der Waals surface area contributed by atoms with Crippen LogP contribution in [0.4, 0.5) is 0 Å². The summed E-state index contributed by atoms with van der Waals surface area (Å²) in [6.45, 7) is 2.64. The van der Waals surface area contributed by atoms with Gasteiger partial charge in [0.05, 0.1) is 0 Å². The number of halogens is 1. The van der Waals surface area contributed by atoms with Crippen LogP contribution in [0.5, 0.6) is 0 Å². The van der Waals surface area contributed by atoms with Crippen LogP contribution < -0.4 is 0 Å². The second-order valence-corrected chi connectivity index (χ2v) is 4.89. The van der Waals surface area contributed by atoms with Gasteiger partial charge in [-0.05, 0) is 18.3 Å². The summed E-state index contributed by atoms with van der Waals surface area (Å²) in [5.74, 6) is 1.47. The molecule has 3 atom stereocenters. The lowest BCUT2D eigenvalue weighted by atomic mass is 10.1. The molecule has 66 valence electrons. The van der Waals surface area contributed by atoms with E-state index in [9.17, 15) is 0 Å². The molecule has 0 spiro atoms. The molecule has 1 N–H and O–H groups in total. The van der Waals surface area contributed by atoms with Crippen LogP contribution >= 0.6 is 22.6 Å². The molecular weight excluding hydrogens is 251 g/mol. The topological polar surface area (TPSA) is 20.2 Å². The standard InChI is InChI=1S/C9H17IO/c1-2-3-4-5-7-8(6-11)9(7)10/h7-9,11H,2-6H2,1H3/t7-,8-,9+/m1/s1. The molecule has 1 nitrogen and oxygen atoms in total. The molecule has 1 rings (SSSR count). The number of hydrogen-bond donors (Lipinski definition) is 1. The fourth-order valence-electron chi connectivity index (χ4n) is 1.64. The zero-order valence-corrected chi connectivity index (χ0v) is 9.25. The van der Waals surface area contributed by atoms with E-state index in [4.69, 9.17) is 5.11 Å². The van der Waals surface area contributed by atoms with E-state index in [-0.39, 0.29) is 0 Å². The number of aliphatic hydroxyl groups is 1. The van der Waals surface area contributed by atoms with Crippen molar-refractivity contribution in [3.8, 4) is 0 Å². The van der Waals surface area contributed by atoms with Crippen LogP contribution in [-0.2, 0) is 0 Å². The quantitative estimate of drug-likeness (QED) is 0.461. The number of rotatable bonds is 5. The molecule has 11 heavy (non-hydrogen) atoms. The summed E-state index contributed by atoms with van der Waals surface area (Å²) in [4.78, 5) is 0. The predicted molar refractivity (Wildman–Crippen MR) is 56.0 cm³/mol. The van der Waals surface area contributed by atoms with E-state index < -0.39 is 0 Å². The van der Waals surface area contributed by atoms with Crippen LogP contribution in [0.25, 0.3) is 0 Å². The van der Waals surface area contributed by atoms with Gasteiger partial charge in [0.1, 0.15) is 0 Å². The highest BCUT2D eigenvalue weighted by Crippen LogP contribution is 2.48. The van der Waals surface area contributed by atoms with Gasteiger partial charge in [0.2, 0.25) is 0 Å². The fourth-order valence-corrected chi connectivity index (χ4v) is 3.05. The monoisotopic (exact) mass is 268 g/mol. The summed E-state index contributed by atoms with van der Waals surface area (Å²) in [5.41, 5.74) is 0. The average Bonchev–Trinajstić information content (AvgIpc) is 2.62. The first-order valence-corrected chi connectivity index (χ1v) is 5.80. The second kappa shape index (κ2) is 4.65. The molecule has 0 aromatic rings. The lowest BCUT2D eigenvalue weighted by Gasteiger charge is -1.95. The van der Waals surface area contributed by atoms with Crippen LogP contribution in [0.1, 0.15) is 32.6 Å². The predicted octanol–water partition coefficient (Wildman–Crippen LogP) is 2.61. The summed E-state index contributed by atoms with van der Waals surface area (Å²) in [7, 11) is 0. The molecule has 1 aliphatic carbocycles. The number of hydrogen-bond acceptors (Lipinski definition) is 1. The Bertz CT molecular complexity index is 116. The van der Waals surface area contributed by atoms with E-state index in [2.05, 4.69) is 29.5 Å². The van der Waals surface area contributed by atoms with Crippen LogP contribution in [0.15, 0.2) is 0 Å². The van der Waals surface area contributed by atoms with Crippen molar-refractivity contribution in [2.45, 2.75) is 36.5 Å². The van der Waals surface area contributed by atoms with Crippen LogP contribution in [0, 0.1) is 11.8 Å². The van der Waals surface area contributed by atoms with E-state index in [1.807, 2.05) is 0 Å². The van der Waals surface area contributed by atoms with Crippen molar-refractivity contribution in [3.63, 3.8) is 0 Å². The van der Waals surface area contributed by atoms with Gasteiger partial charge in [-0.2, -0.15) is 0 Å². The van der Waals surface area contributed by atoms with Gasteiger partial charge in [-0.15, -0.1) is 0 Å². The zero-order chi connectivity index (χ0) is 8.27. The Balaban J connectivity index is 2.01. The minimum atomic E-state index is 0.407. The Morgan fingerprint density at radius 3 is 2.45 bits per heavy atom. The highest BCUT2D eigenvalue weighted by atomic mass is 127. The summed E-state index contributed by atoms with van der Waals surface area (Å²) in [5, 5.41) is 8.90. The average molecular weight is 268 g/mol. The van der Waals surface area contributed by atoms with Crippen molar-refractivity contribution in [2.75, 3.05) is 6.61 Å². The molecule has 0 aromatic heterocycles. The van der Waals surface area contributed by atoms with Gasteiger partial charge in [0.15, 0.2) is 0 Å². The largest absolute Gasteiger partial charge is 0.396 e. The molecule has 1 saturated carbocycles. The smallest absolute Gasteiger partial charge is 0.0472 e. The first kappa shape index (κ1) is 9.78.